The summed E-state index contributed by atoms with van der Waals surface area (Å²) in [5, 5.41) is 3.08. The summed E-state index contributed by atoms with van der Waals surface area (Å²) in [6.07, 6.45) is 2.13. The van der Waals surface area contributed by atoms with Gasteiger partial charge in [0, 0.05) is 5.88 Å². The molecule has 1 N–H and O–H groups in total. The lowest BCUT2D eigenvalue weighted by atomic mass is 9.94. The molecular weight excluding hydrogens is 246 g/mol. The standard InChI is InChI=1S/C15H22ClNO/c1-4-15(5-2,11-16)17-14(18)10-13-9-7-6-8-12(13)3/h6-9H,4-5,10-11H2,1-3H3,(H,17,18). The van der Waals surface area contributed by atoms with Crippen LogP contribution < -0.4 is 5.32 Å². The van der Waals surface area contributed by atoms with Gasteiger partial charge in [-0.05, 0) is 30.9 Å². The van der Waals surface area contributed by atoms with Crippen molar-refractivity contribution in [3.05, 3.63) is 35.4 Å². The van der Waals surface area contributed by atoms with Crippen LogP contribution in [0.4, 0.5) is 0 Å². The summed E-state index contributed by atoms with van der Waals surface area (Å²) in [7, 11) is 0. The second-order valence-electron chi connectivity index (χ2n) is 4.77. The summed E-state index contributed by atoms with van der Waals surface area (Å²) in [6.45, 7) is 6.14. The first-order valence-corrected chi connectivity index (χ1v) is 7.02. The van der Waals surface area contributed by atoms with E-state index < -0.39 is 0 Å². The Kier molecular flexibility index (Phi) is 5.67. The fourth-order valence-corrected chi connectivity index (χ4v) is 2.42. The molecule has 0 aliphatic heterocycles. The third kappa shape index (κ3) is 3.74. The molecule has 0 heterocycles. The molecule has 1 rings (SSSR count). The van der Waals surface area contributed by atoms with Gasteiger partial charge in [0.1, 0.15) is 0 Å². The molecule has 0 saturated heterocycles. The molecule has 100 valence electrons. The first-order chi connectivity index (χ1) is 8.56. The minimum atomic E-state index is -0.263. The van der Waals surface area contributed by atoms with Crippen molar-refractivity contribution in [3.8, 4) is 0 Å². The van der Waals surface area contributed by atoms with Gasteiger partial charge in [0.05, 0.1) is 12.0 Å². The lowest BCUT2D eigenvalue weighted by molar-refractivity contribution is -0.122. The molecule has 0 bridgehead atoms. The van der Waals surface area contributed by atoms with Crippen LogP contribution in [0.3, 0.4) is 0 Å². The summed E-state index contributed by atoms with van der Waals surface area (Å²) in [4.78, 5) is 12.1. The van der Waals surface area contributed by atoms with Crippen molar-refractivity contribution >= 4 is 17.5 Å². The molecule has 0 aliphatic carbocycles. The van der Waals surface area contributed by atoms with Crippen LogP contribution in [0.25, 0.3) is 0 Å². The Labute approximate surface area is 115 Å². The van der Waals surface area contributed by atoms with E-state index in [1.165, 1.54) is 0 Å². The van der Waals surface area contributed by atoms with Crippen LogP contribution in [0, 0.1) is 6.92 Å². The van der Waals surface area contributed by atoms with Crippen LogP contribution in [0.1, 0.15) is 37.8 Å². The van der Waals surface area contributed by atoms with E-state index in [2.05, 4.69) is 19.2 Å². The van der Waals surface area contributed by atoms with Crippen LogP contribution >= 0.6 is 11.6 Å². The van der Waals surface area contributed by atoms with Gasteiger partial charge in [-0.15, -0.1) is 11.6 Å². The second kappa shape index (κ2) is 6.79. The van der Waals surface area contributed by atoms with Gasteiger partial charge in [-0.25, -0.2) is 0 Å². The molecule has 0 spiro atoms. The Morgan fingerprint density at radius 1 is 1.28 bits per heavy atom. The normalized spacial score (nSPS) is 11.3. The monoisotopic (exact) mass is 267 g/mol. The fourth-order valence-electron chi connectivity index (χ4n) is 1.97. The first kappa shape index (κ1) is 15.0. The number of nitrogens with one attached hydrogen (secondary N) is 1. The lowest BCUT2D eigenvalue weighted by Crippen LogP contribution is -2.49. The minimum Gasteiger partial charge on any atom is -0.349 e. The molecule has 0 saturated carbocycles. The maximum atomic E-state index is 12.1. The number of alkyl halides is 1. The van der Waals surface area contributed by atoms with Crippen molar-refractivity contribution in [2.45, 2.75) is 45.6 Å². The second-order valence-corrected chi connectivity index (χ2v) is 5.04. The number of carbonyl (C=O) groups is 1. The van der Waals surface area contributed by atoms with Crippen molar-refractivity contribution in [3.63, 3.8) is 0 Å². The smallest absolute Gasteiger partial charge is 0.224 e. The SMILES string of the molecule is CCC(CC)(CCl)NC(=O)Cc1ccccc1C. The number of amides is 1. The Hall–Kier alpha value is -1.02. The maximum absolute atomic E-state index is 12.1. The predicted octanol–water partition coefficient (Wildman–Crippen LogP) is 3.45. The van der Waals surface area contributed by atoms with Crippen LogP contribution in [-0.2, 0) is 11.2 Å². The van der Waals surface area contributed by atoms with Crippen molar-refractivity contribution in [1.82, 2.24) is 5.32 Å². The highest BCUT2D eigenvalue weighted by Crippen LogP contribution is 2.17. The third-order valence-corrected chi connectivity index (χ3v) is 4.14. The number of rotatable bonds is 6. The molecule has 1 amide bonds. The number of hydrogen-bond acceptors (Lipinski definition) is 1. The number of aryl methyl sites for hydroxylation is 1. The largest absolute Gasteiger partial charge is 0.349 e. The third-order valence-electron chi connectivity index (χ3n) is 3.63. The Balaban J connectivity index is 2.70. The van der Waals surface area contributed by atoms with Crippen molar-refractivity contribution in [2.24, 2.45) is 0 Å². The number of benzene rings is 1. The Morgan fingerprint density at radius 3 is 2.39 bits per heavy atom. The number of halogens is 1. The molecule has 0 atom stereocenters. The van der Waals surface area contributed by atoms with E-state index in [0.29, 0.717) is 12.3 Å². The highest BCUT2D eigenvalue weighted by atomic mass is 35.5. The van der Waals surface area contributed by atoms with Crippen LogP contribution in [0.5, 0.6) is 0 Å². The first-order valence-electron chi connectivity index (χ1n) is 6.48. The average Bonchev–Trinajstić information content (AvgIpc) is 2.39. The van der Waals surface area contributed by atoms with Gasteiger partial charge in [0.25, 0.3) is 0 Å². The molecular formula is C15H22ClNO. The molecule has 1 aromatic carbocycles. The topological polar surface area (TPSA) is 29.1 Å². The molecule has 0 aromatic heterocycles. The Morgan fingerprint density at radius 2 is 1.89 bits per heavy atom. The zero-order valence-corrected chi connectivity index (χ0v) is 12.2. The van der Waals surface area contributed by atoms with E-state index >= 15 is 0 Å². The van der Waals surface area contributed by atoms with Crippen molar-refractivity contribution < 1.29 is 4.79 Å². The van der Waals surface area contributed by atoms with Crippen LogP contribution in [0.2, 0.25) is 0 Å². The van der Waals surface area contributed by atoms with Crippen LogP contribution in [-0.4, -0.2) is 17.3 Å². The summed E-state index contributed by atoms with van der Waals surface area (Å²) in [5.74, 6) is 0.508. The molecule has 0 unspecified atom stereocenters. The molecule has 18 heavy (non-hydrogen) atoms. The molecule has 0 radical (unpaired) electrons. The summed E-state index contributed by atoms with van der Waals surface area (Å²) in [5.41, 5.74) is 1.96. The summed E-state index contributed by atoms with van der Waals surface area (Å²) >= 11 is 5.99. The number of carbonyl (C=O) groups excluding carboxylic acids is 1. The van der Waals surface area contributed by atoms with Crippen molar-refractivity contribution in [1.29, 1.82) is 0 Å². The van der Waals surface area contributed by atoms with E-state index in [0.717, 1.165) is 24.0 Å². The predicted molar refractivity (Wildman–Crippen MR) is 77.1 cm³/mol. The van der Waals surface area contributed by atoms with E-state index in [9.17, 15) is 4.79 Å². The molecule has 1 aromatic rings. The van der Waals surface area contributed by atoms with Crippen molar-refractivity contribution in [2.75, 3.05) is 5.88 Å². The highest BCUT2D eigenvalue weighted by Gasteiger charge is 2.26. The van der Waals surface area contributed by atoms with Gasteiger partial charge in [-0.2, -0.15) is 0 Å². The van der Waals surface area contributed by atoms with Gasteiger partial charge in [-0.3, -0.25) is 4.79 Å². The zero-order chi connectivity index (χ0) is 13.6. The van der Waals surface area contributed by atoms with E-state index in [1.807, 2.05) is 31.2 Å². The molecule has 0 fully saturated rings. The van der Waals surface area contributed by atoms with E-state index in [1.54, 1.807) is 0 Å². The Bertz CT molecular complexity index is 391. The van der Waals surface area contributed by atoms with Crippen LogP contribution in [0.15, 0.2) is 24.3 Å². The van der Waals surface area contributed by atoms with Gasteiger partial charge in [0.2, 0.25) is 5.91 Å². The fraction of sp³-hybridized carbons (Fsp3) is 0.533. The summed E-state index contributed by atoms with van der Waals surface area (Å²) < 4.78 is 0. The lowest BCUT2D eigenvalue weighted by Gasteiger charge is -2.30. The van der Waals surface area contributed by atoms with Gasteiger partial charge in [0.15, 0.2) is 0 Å². The highest BCUT2D eigenvalue weighted by molar-refractivity contribution is 6.18. The van der Waals surface area contributed by atoms with Gasteiger partial charge in [-0.1, -0.05) is 38.1 Å². The minimum absolute atomic E-state index is 0.0497. The molecule has 3 heteroatoms. The number of hydrogen-bond donors (Lipinski definition) is 1. The van der Waals surface area contributed by atoms with Gasteiger partial charge >= 0.3 is 0 Å². The maximum Gasteiger partial charge on any atom is 0.224 e. The zero-order valence-electron chi connectivity index (χ0n) is 11.4. The summed E-state index contributed by atoms with van der Waals surface area (Å²) in [6, 6.07) is 7.97. The van der Waals surface area contributed by atoms with E-state index in [4.69, 9.17) is 11.6 Å². The van der Waals surface area contributed by atoms with E-state index in [-0.39, 0.29) is 11.4 Å². The molecule has 0 aliphatic rings. The molecule has 2 nitrogen and oxygen atoms in total. The average molecular weight is 268 g/mol. The van der Waals surface area contributed by atoms with Gasteiger partial charge < -0.3 is 5.32 Å². The quantitative estimate of drug-likeness (QED) is 0.786.